The Morgan fingerprint density at radius 1 is 1.22 bits per heavy atom. The molecule has 1 heterocycles. The third-order valence-corrected chi connectivity index (χ3v) is 4.75. The molecule has 0 bridgehead atoms. The van der Waals surface area contributed by atoms with Crippen molar-refractivity contribution < 1.29 is 9.53 Å². The normalized spacial score (nSPS) is 19.1. The fourth-order valence-electron chi connectivity index (χ4n) is 3.13. The van der Waals surface area contributed by atoms with Gasteiger partial charge in [0.05, 0.1) is 0 Å². The first-order valence-electron chi connectivity index (χ1n) is 9.11. The molecule has 0 radical (unpaired) electrons. The predicted molar refractivity (Wildman–Crippen MR) is 107 cm³/mol. The molecule has 142 valence electrons. The standard InChI is InChI=1S/C21H24ClN3O2/c1-15(2)20(26)25-21(12-7-13-23,17-9-4-3-5-10-17)27-19(24-25)16-8-6-11-18(22)14-16/h3-6,8-11,14-15H,7,12-13,23H2,1-2H3. The van der Waals surface area contributed by atoms with Crippen LogP contribution in [0.1, 0.15) is 37.8 Å². The zero-order valence-corrected chi connectivity index (χ0v) is 16.3. The number of benzene rings is 2. The van der Waals surface area contributed by atoms with Crippen molar-refractivity contribution in [3.8, 4) is 0 Å². The average molecular weight is 386 g/mol. The minimum Gasteiger partial charge on any atom is -0.443 e. The van der Waals surface area contributed by atoms with Crippen molar-refractivity contribution in [1.82, 2.24) is 5.01 Å². The highest BCUT2D eigenvalue weighted by Crippen LogP contribution is 2.41. The van der Waals surface area contributed by atoms with E-state index in [1.165, 1.54) is 5.01 Å². The van der Waals surface area contributed by atoms with Crippen molar-refractivity contribution in [3.05, 3.63) is 70.7 Å². The SMILES string of the molecule is CC(C)C(=O)N1N=C(c2cccc(Cl)c2)OC1(CCCN)c1ccccc1. The van der Waals surface area contributed by atoms with Gasteiger partial charge in [-0.15, -0.1) is 5.10 Å². The van der Waals surface area contributed by atoms with Crippen LogP contribution in [0.15, 0.2) is 59.7 Å². The molecule has 2 N–H and O–H groups in total. The van der Waals surface area contributed by atoms with Gasteiger partial charge in [-0.2, -0.15) is 5.01 Å². The molecule has 6 heteroatoms. The van der Waals surface area contributed by atoms with Crippen molar-refractivity contribution >= 4 is 23.4 Å². The minimum absolute atomic E-state index is 0.104. The van der Waals surface area contributed by atoms with E-state index < -0.39 is 5.72 Å². The molecule has 0 aliphatic carbocycles. The van der Waals surface area contributed by atoms with Crippen LogP contribution in [0, 0.1) is 5.92 Å². The van der Waals surface area contributed by atoms with E-state index >= 15 is 0 Å². The molecule has 0 aromatic heterocycles. The quantitative estimate of drug-likeness (QED) is 0.813. The van der Waals surface area contributed by atoms with Crippen LogP contribution < -0.4 is 5.73 Å². The predicted octanol–water partition coefficient (Wildman–Crippen LogP) is 4.11. The number of hydrogen-bond donors (Lipinski definition) is 1. The van der Waals surface area contributed by atoms with Gasteiger partial charge in [-0.3, -0.25) is 4.79 Å². The molecule has 1 amide bonds. The molecule has 0 fully saturated rings. The molecule has 0 spiro atoms. The van der Waals surface area contributed by atoms with E-state index in [-0.39, 0.29) is 11.8 Å². The molecule has 1 atom stereocenters. The maximum absolute atomic E-state index is 13.0. The van der Waals surface area contributed by atoms with Crippen LogP contribution in [0.3, 0.4) is 0 Å². The number of nitrogens with two attached hydrogens (primary N) is 1. The molecule has 27 heavy (non-hydrogen) atoms. The van der Waals surface area contributed by atoms with E-state index in [0.29, 0.717) is 30.3 Å². The molecule has 2 aromatic rings. The number of halogens is 1. The number of hydrazone groups is 1. The van der Waals surface area contributed by atoms with E-state index in [0.717, 1.165) is 11.1 Å². The Kier molecular flexibility index (Phi) is 5.82. The monoisotopic (exact) mass is 385 g/mol. The van der Waals surface area contributed by atoms with Crippen molar-refractivity contribution in [2.24, 2.45) is 16.8 Å². The third-order valence-electron chi connectivity index (χ3n) is 4.52. The molecular weight excluding hydrogens is 362 g/mol. The van der Waals surface area contributed by atoms with Gasteiger partial charge in [0.1, 0.15) is 0 Å². The number of carbonyl (C=O) groups excluding carboxylic acids is 1. The van der Waals surface area contributed by atoms with Crippen LogP contribution in [-0.2, 0) is 15.3 Å². The number of carbonyl (C=O) groups is 1. The van der Waals surface area contributed by atoms with E-state index in [2.05, 4.69) is 5.10 Å². The largest absolute Gasteiger partial charge is 0.443 e. The van der Waals surface area contributed by atoms with Crippen LogP contribution in [0.5, 0.6) is 0 Å². The Hall–Kier alpha value is -2.37. The highest BCUT2D eigenvalue weighted by atomic mass is 35.5. The van der Waals surface area contributed by atoms with Crippen molar-refractivity contribution in [3.63, 3.8) is 0 Å². The molecule has 1 unspecified atom stereocenters. The Balaban J connectivity index is 2.11. The Morgan fingerprint density at radius 2 is 1.96 bits per heavy atom. The summed E-state index contributed by atoms with van der Waals surface area (Å²) in [4.78, 5) is 13.0. The van der Waals surface area contributed by atoms with Gasteiger partial charge < -0.3 is 10.5 Å². The first kappa shape index (κ1) is 19.4. The van der Waals surface area contributed by atoms with Gasteiger partial charge in [-0.25, -0.2) is 0 Å². The molecule has 1 aliphatic heterocycles. The molecule has 0 saturated carbocycles. The van der Waals surface area contributed by atoms with E-state index in [4.69, 9.17) is 22.1 Å². The fourth-order valence-corrected chi connectivity index (χ4v) is 3.32. The summed E-state index contributed by atoms with van der Waals surface area (Å²) < 4.78 is 6.40. The van der Waals surface area contributed by atoms with Crippen molar-refractivity contribution in [1.29, 1.82) is 0 Å². The van der Waals surface area contributed by atoms with E-state index in [1.807, 2.05) is 56.3 Å². The van der Waals surface area contributed by atoms with Crippen molar-refractivity contribution in [2.75, 3.05) is 6.54 Å². The lowest BCUT2D eigenvalue weighted by Crippen LogP contribution is -2.46. The number of amides is 1. The molecule has 0 saturated heterocycles. The second kappa shape index (κ2) is 8.11. The molecule has 1 aliphatic rings. The summed E-state index contributed by atoms with van der Waals surface area (Å²) in [5.41, 5.74) is 6.36. The van der Waals surface area contributed by atoms with Crippen LogP contribution in [0.4, 0.5) is 0 Å². The highest BCUT2D eigenvalue weighted by molar-refractivity contribution is 6.31. The summed E-state index contributed by atoms with van der Waals surface area (Å²) in [5, 5.41) is 6.65. The van der Waals surface area contributed by atoms with E-state index in [9.17, 15) is 4.79 Å². The van der Waals surface area contributed by atoms with Gasteiger partial charge in [0.15, 0.2) is 0 Å². The summed E-state index contributed by atoms with van der Waals surface area (Å²) in [5.74, 6) is 0.0531. The summed E-state index contributed by atoms with van der Waals surface area (Å²) in [6.07, 6.45) is 1.23. The van der Waals surface area contributed by atoms with Gasteiger partial charge >= 0.3 is 0 Å². The number of hydrogen-bond acceptors (Lipinski definition) is 4. The molecule has 5 nitrogen and oxygen atoms in total. The van der Waals surface area contributed by atoms with Gasteiger partial charge in [0.2, 0.25) is 17.5 Å². The third kappa shape index (κ3) is 3.84. The Labute approximate surface area is 164 Å². The number of nitrogens with zero attached hydrogens (tertiary/aromatic N) is 2. The maximum atomic E-state index is 13.0. The molecule has 3 rings (SSSR count). The zero-order valence-electron chi connectivity index (χ0n) is 15.6. The fraction of sp³-hybridized carbons (Fsp3) is 0.333. The minimum atomic E-state index is -1.01. The zero-order chi connectivity index (χ0) is 19.4. The number of rotatable bonds is 6. The van der Waals surface area contributed by atoms with Crippen LogP contribution >= 0.6 is 11.6 Å². The summed E-state index contributed by atoms with van der Waals surface area (Å²) in [7, 11) is 0. The van der Waals surface area contributed by atoms with Crippen LogP contribution in [-0.4, -0.2) is 23.4 Å². The lowest BCUT2D eigenvalue weighted by molar-refractivity contribution is -0.156. The van der Waals surface area contributed by atoms with Crippen molar-refractivity contribution in [2.45, 2.75) is 32.4 Å². The van der Waals surface area contributed by atoms with Gasteiger partial charge in [0.25, 0.3) is 0 Å². The Morgan fingerprint density at radius 3 is 2.59 bits per heavy atom. The lowest BCUT2D eigenvalue weighted by Gasteiger charge is -2.36. The summed E-state index contributed by atoms with van der Waals surface area (Å²) >= 11 is 6.14. The molecule has 2 aromatic carbocycles. The van der Waals surface area contributed by atoms with Crippen LogP contribution in [0.2, 0.25) is 5.02 Å². The Bertz CT molecular complexity index is 838. The maximum Gasteiger partial charge on any atom is 0.249 e. The van der Waals surface area contributed by atoms with Gasteiger partial charge in [-0.05, 0) is 31.2 Å². The van der Waals surface area contributed by atoms with Gasteiger partial charge in [-0.1, -0.05) is 61.8 Å². The van der Waals surface area contributed by atoms with Crippen LogP contribution in [0.25, 0.3) is 0 Å². The van der Waals surface area contributed by atoms with Gasteiger partial charge in [0, 0.05) is 28.5 Å². The smallest absolute Gasteiger partial charge is 0.249 e. The number of ether oxygens (including phenoxy) is 1. The topological polar surface area (TPSA) is 67.9 Å². The average Bonchev–Trinajstić information content (AvgIpc) is 3.07. The second-order valence-corrected chi connectivity index (χ2v) is 7.30. The first-order valence-corrected chi connectivity index (χ1v) is 9.49. The molecular formula is C21H24ClN3O2. The van der Waals surface area contributed by atoms with E-state index in [1.54, 1.807) is 12.1 Å². The lowest BCUT2D eigenvalue weighted by atomic mass is 9.95. The second-order valence-electron chi connectivity index (χ2n) is 6.86. The highest BCUT2D eigenvalue weighted by Gasteiger charge is 2.49. The summed E-state index contributed by atoms with van der Waals surface area (Å²) in [6.45, 7) is 4.20. The summed E-state index contributed by atoms with van der Waals surface area (Å²) in [6, 6.07) is 17.0. The first-order chi connectivity index (χ1) is 13.0.